The molecule has 0 aliphatic rings. The van der Waals surface area contributed by atoms with Gasteiger partial charge in [0.15, 0.2) is 5.96 Å². The summed E-state index contributed by atoms with van der Waals surface area (Å²) in [5.74, 6) is 0.897. The number of nitrogens with zero attached hydrogens (tertiary/aromatic N) is 2. The van der Waals surface area contributed by atoms with Gasteiger partial charge in [-0.15, -0.1) is 0 Å². The monoisotopic (exact) mass is 302 g/mol. The van der Waals surface area contributed by atoms with Crippen LogP contribution in [0.5, 0.6) is 0 Å². The summed E-state index contributed by atoms with van der Waals surface area (Å²) >= 11 is 0. The van der Waals surface area contributed by atoms with Crippen molar-refractivity contribution in [2.45, 2.75) is 26.7 Å². The molecule has 0 aromatic heterocycles. The third-order valence-corrected chi connectivity index (χ3v) is 2.95. The largest absolute Gasteiger partial charge is 0.383 e. The molecule has 0 spiro atoms. The highest BCUT2D eigenvalue weighted by Gasteiger charge is 1.99. The zero-order valence-corrected chi connectivity index (χ0v) is 14.3. The molecule has 0 aromatic carbocycles. The second kappa shape index (κ2) is 15.5. The highest BCUT2D eigenvalue weighted by Crippen LogP contribution is 1.88. The summed E-state index contributed by atoms with van der Waals surface area (Å²) in [6.07, 6.45) is 2.05. The predicted molar refractivity (Wildman–Crippen MR) is 89.1 cm³/mol. The van der Waals surface area contributed by atoms with Gasteiger partial charge >= 0.3 is 0 Å². The number of hydrogen-bond acceptors (Lipinski definition) is 4. The van der Waals surface area contributed by atoms with E-state index in [9.17, 15) is 0 Å². The van der Waals surface area contributed by atoms with E-state index < -0.39 is 0 Å². The Hall–Kier alpha value is -0.850. The standard InChI is InChI=1S/C15H34N4O2/c1-5-16-15(18-10-8-13-21-6-2)17-9-7-11-19(3)12-14-20-4/h5-14H2,1-4H3,(H2,16,17,18). The normalized spacial score (nSPS) is 12.0. The first-order valence-electron chi connectivity index (χ1n) is 8.02. The van der Waals surface area contributed by atoms with Gasteiger partial charge in [0.25, 0.3) is 0 Å². The average Bonchev–Trinajstić information content (AvgIpc) is 2.49. The minimum absolute atomic E-state index is 0.776. The van der Waals surface area contributed by atoms with E-state index in [4.69, 9.17) is 9.47 Å². The number of nitrogens with one attached hydrogen (secondary N) is 2. The molecule has 21 heavy (non-hydrogen) atoms. The van der Waals surface area contributed by atoms with E-state index in [2.05, 4.69) is 34.5 Å². The lowest BCUT2D eigenvalue weighted by Crippen LogP contribution is -2.38. The summed E-state index contributed by atoms with van der Waals surface area (Å²) in [6, 6.07) is 0. The third kappa shape index (κ3) is 13.9. The summed E-state index contributed by atoms with van der Waals surface area (Å²) < 4.78 is 10.4. The topological polar surface area (TPSA) is 58.1 Å². The first kappa shape index (κ1) is 20.1. The second-order valence-electron chi connectivity index (χ2n) is 4.89. The SMILES string of the molecule is CCNC(=NCCCOCC)NCCCN(C)CCOC. The van der Waals surface area contributed by atoms with Crippen LogP contribution in [0.3, 0.4) is 0 Å². The highest BCUT2D eigenvalue weighted by atomic mass is 16.5. The van der Waals surface area contributed by atoms with Crippen LogP contribution in [-0.4, -0.2) is 77.6 Å². The van der Waals surface area contributed by atoms with Crippen LogP contribution >= 0.6 is 0 Å². The van der Waals surface area contributed by atoms with Crippen LogP contribution in [0.2, 0.25) is 0 Å². The summed E-state index contributed by atoms with van der Waals surface area (Å²) in [4.78, 5) is 6.81. The fourth-order valence-electron chi connectivity index (χ4n) is 1.76. The molecule has 0 heterocycles. The fraction of sp³-hybridized carbons (Fsp3) is 0.933. The van der Waals surface area contributed by atoms with Gasteiger partial charge in [0.1, 0.15) is 0 Å². The number of guanidine groups is 1. The molecule has 126 valence electrons. The molecule has 0 fully saturated rings. The molecule has 6 nitrogen and oxygen atoms in total. The summed E-state index contributed by atoms with van der Waals surface area (Å²) in [5, 5.41) is 6.62. The van der Waals surface area contributed by atoms with Crippen LogP contribution < -0.4 is 10.6 Å². The Balaban J connectivity index is 3.74. The number of rotatable bonds is 13. The molecule has 0 atom stereocenters. The van der Waals surface area contributed by atoms with Crippen LogP contribution in [-0.2, 0) is 9.47 Å². The van der Waals surface area contributed by atoms with Crippen molar-refractivity contribution >= 4 is 5.96 Å². The van der Waals surface area contributed by atoms with Gasteiger partial charge in [-0.3, -0.25) is 4.99 Å². The van der Waals surface area contributed by atoms with E-state index in [1.165, 1.54) is 0 Å². The Morgan fingerprint density at radius 1 is 1.10 bits per heavy atom. The number of ether oxygens (including phenoxy) is 2. The predicted octanol–water partition coefficient (Wildman–Crippen LogP) is 0.936. The van der Waals surface area contributed by atoms with E-state index in [0.29, 0.717) is 0 Å². The molecule has 0 rings (SSSR count). The Morgan fingerprint density at radius 2 is 1.90 bits per heavy atom. The molecule has 0 aliphatic carbocycles. The summed E-state index contributed by atoms with van der Waals surface area (Å²) in [7, 11) is 3.85. The number of methoxy groups -OCH3 is 1. The average molecular weight is 302 g/mol. The van der Waals surface area contributed by atoms with Crippen molar-refractivity contribution < 1.29 is 9.47 Å². The lowest BCUT2D eigenvalue weighted by molar-refractivity contribution is 0.146. The Labute approximate surface area is 130 Å². The molecule has 0 bridgehead atoms. The molecule has 0 aromatic rings. The van der Waals surface area contributed by atoms with E-state index in [1.54, 1.807) is 7.11 Å². The number of aliphatic imine (C=N–C) groups is 1. The fourth-order valence-corrected chi connectivity index (χ4v) is 1.76. The van der Waals surface area contributed by atoms with Crippen LogP contribution in [0.15, 0.2) is 4.99 Å². The van der Waals surface area contributed by atoms with Crippen molar-refractivity contribution in [3.05, 3.63) is 0 Å². The van der Waals surface area contributed by atoms with Crippen LogP contribution in [0, 0.1) is 0 Å². The van der Waals surface area contributed by atoms with Gasteiger partial charge in [-0.05, 0) is 40.3 Å². The lowest BCUT2D eigenvalue weighted by atomic mass is 10.4. The highest BCUT2D eigenvalue weighted by molar-refractivity contribution is 5.79. The van der Waals surface area contributed by atoms with Gasteiger partial charge in [-0.25, -0.2) is 0 Å². The molecule has 0 amide bonds. The zero-order chi connectivity index (χ0) is 15.8. The quantitative estimate of drug-likeness (QED) is 0.301. The van der Waals surface area contributed by atoms with Crippen molar-refractivity contribution in [3.8, 4) is 0 Å². The summed E-state index contributed by atoms with van der Waals surface area (Å²) in [6.45, 7) is 11.1. The maximum Gasteiger partial charge on any atom is 0.191 e. The first-order valence-corrected chi connectivity index (χ1v) is 8.02. The van der Waals surface area contributed by atoms with Crippen LogP contribution in [0.4, 0.5) is 0 Å². The Bertz CT molecular complexity index is 250. The smallest absolute Gasteiger partial charge is 0.191 e. The maximum atomic E-state index is 5.31. The maximum absolute atomic E-state index is 5.31. The molecule has 2 N–H and O–H groups in total. The molecular formula is C15H34N4O2. The molecule has 0 radical (unpaired) electrons. The van der Waals surface area contributed by atoms with Gasteiger partial charge < -0.3 is 25.0 Å². The Kier molecular flexibility index (Phi) is 14.9. The minimum atomic E-state index is 0.776. The molecule has 6 heteroatoms. The van der Waals surface area contributed by atoms with Crippen molar-refractivity contribution in [3.63, 3.8) is 0 Å². The van der Waals surface area contributed by atoms with Crippen LogP contribution in [0.1, 0.15) is 26.7 Å². The van der Waals surface area contributed by atoms with Crippen molar-refractivity contribution in [1.82, 2.24) is 15.5 Å². The molecule has 0 saturated heterocycles. The van der Waals surface area contributed by atoms with Gasteiger partial charge in [-0.1, -0.05) is 0 Å². The summed E-state index contributed by atoms with van der Waals surface area (Å²) in [5.41, 5.74) is 0. The zero-order valence-electron chi connectivity index (χ0n) is 14.3. The van der Waals surface area contributed by atoms with Crippen molar-refractivity contribution in [1.29, 1.82) is 0 Å². The number of likely N-dealkylation sites (N-methyl/N-ethyl adjacent to an activating group) is 1. The van der Waals surface area contributed by atoms with Crippen molar-refractivity contribution in [2.75, 3.05) is 66.7 Å². The molecule has 0 saturated carbocycles. The van der Waals surface area contributed by atoms with E-state index in [0.717, 1.165) is 71.3 Å². The van der Waals surface area contributed by atoms with Gasteiger partial charge in [0.05, 0.1) is 6.61 Å². The van der Waals surface area contributed by atoms with Crippen LogP contribution in [0.25, 0.3) is 0 Å². The van der Waals surface area contributed by atoms with Gasteiger partial charge in [0.2, 0.25) is 0 Å². The van der Waals surface area contributed by atoms with Gasteiger partial charge in [-0.2, -0.15) is 0 Å². The van der Waals surface area contributed by atoms with Gasteiger partial charge in [0, 0.05) is 46.5 Å². The molecule has 0 unspecified atom stereocenters. The molecular weight excluding hydrogens is 268 g/mol. The molecule has 0 aliphatic heterocycles. The second-order valence-corrected chi connectivity index (χ2v) is 4.89. The third-order valence-electron chi connectivity index (χ3n) is 2.95. The van der Waals surface area contributed by atoms with E-state index in [1.807, 2.05) is 6.92 Å². The number of hydrogen-bond donors (Lipinski definition) is 2. The lowest BCUT2D eigenvalue weighted by Gasteiger charge is -2.16. The van der Waals surface area contributed by atoms with E-state index in [-0.39, 0.29) is 0 Å². The Morgan fingerprint density at radius 3 is 2.57 bits per heavy atom. The minimum Gasteiger partial charge on any atom is -0.383 e. The van der Waals surface area contributed by atoms with E-state index >= 15 is 0 Å². The first-order chi connectivity index (χ1) is 10.2. The van der Waals surface area contributed by atoms with Crippen molar-refractivity contribution in [2.24, 2.45) is 4.99 Å².